The Labute approximate surface area is 144 Å². The molecule has 0 radical (unpaired) electrons. The molecule has 0 spiro atoms. The molecule has 24 heavy (non-hydrogen) atoms. The van der Waals surface area contributed by atoms with Crippen LogP contribution >= 0.6 is 0 Å². The van der Waals surface area contributed by atoms with E-state index in [-0.39, 0.29) is 22.9 Å². The van der Waals surface area contributed by atoms with Crippen molar-refractivity contribution < 1.29 is 14.3 Å². The Morgan fingerprint density at radius 2 is 1.96 bits per heavy atom. The summed E-state index contributed by atoms with van der Waals surface area (Å²) in [5.41, 5.74) is 1.39. The maximum atomic E-state index is 12.4. The van der Waals surface area contributed by atoms with Crippen LogP contribution in [0.2, 0.25) is 0 Å². The van der Waals surface area contributed by atoms with Crippen LogP contribution in [0, 0.1) is 28.6 Å². The first-order chi connectivity index (χ1) is 11.3. The van der Waals surface area contributed by atoms with E-state index >= 15 is 0 Å². The molecule has 6 atom stereocenters. The van der Waals surface area contributed by atoms with Crippen molar-refractivity contribution in [3.8, 4) is 0 Å². The van der Waals surface area contributed by atoms with E-state index in [1.165, 1.54) is 12.5 Å². The predicted molar refractivity (Wildman–Crippen MR) is 92.2 cm³/mol. The van der Waals surface area contributed by atoms with Gasteiger partial charge in [0.1, 0.15) is 11.9 Å². The number of allylic oxidation sites excluding steroid dienone is 3. The third kappa shape index (κ3) is 2.16. The lowest BCUT2D eigenvalue weighted by atomic mass is 9.49. The van der Waals surface area contributed by atoms with Crippen LogP contribution in [0.1, 0.15) is 59.3 Å². The molecule has 0 unspecified atom stereocenters. The smallest absolute Gasteiger partial charge is 0.302 e. The molecule has 130 valence electrons. The Bertz CT molecular complexity index is 645. The minimum absolute atomic E-state index is 0.00178. The van der Waals surface area contributed by atoms with Gasteiger partial charge in [-0.15, -0.1) is 0 Å². The molecular formula is C21H28O3. The van der Waals surface area contributed by atoms with Crippen molar-refractivity contribution in [2.24, 2.45) is 28.6 Å². The van der Waals surface area contributed by atoms with Crippen molar-refractivity contribution in [1.29, 1.82) is 0 Å². The lowest BCUT2D eigenvalue weighted by Gasteiger charge is -2.55. The number of esters is 1. The van der Waals surface area contributed by atoms with Crippen molar-refractivity contribution in [1.82, 2.24) is 0 Å². The molecule has 3 nitrogen and oxygen atoms in total. The Hall–Kier alpha value is -1.38. The molecular weight excluding hydrogens is 300 g/mol. The van der Waals surface area contributed by atoms with Gasteiger partial charge in [0.25, 0.3) is 0 Å². The third-order valence-electron chi connectivity index (χ3n) is 7.60. The van der Waals surface area contributed by atoms with Crippen LogP contribution in [0.5, 0.6) is 0 Å². The quantitative estimate of drug-likeness (QED) is 0.677. The number of carbonyl (C=O) groups excluding carboxylic acids is 2. The Morgan fingerprint density at radius 3 is 2.71 bits per heavy atom. The molecule has 0 bridgehead atoms. The number of hydrogen-bond donors (Lipinski definition) is 0. The fourth-order valence-corrected chi connectivity index (χ4v) is 6.31. The molecule has 0 N–H and O–H groups in total. The van der Waals surface area contributed by atoms with Crippen molar-refractivity contribution in [3.05, 3.63) is 23.8 Å². The van der Waals surface area contributed by atoms with Crippen LogP contribution in [0.25, 0.3) is 0 Å². The second-order valence-corrected chi connectivity index (χ2v) is 8.82. The van der Waals surface area contributed by atoms with Crippen LogP contribution in [0.3, 0.4) is 0 Å². The van der Waals surface area contributed by atoms with Crippen molar-refractivity contribution in [2.75, 3.05) is 0 Å². The summed E-state index contributed by atoms with van der Waals surface area (Å²) >= 11 is 0. The molecule has 0 aromatic rings. The van der Waals surface area contributed by atoms with Crippen LogP contribution in [-0.2, 0) is 14.3 Å². The Kier molecular flexibility index (Phi) is 3.56. The molecule has 4 aliphatic rings. The fourth-order valence-electron chi connectivity index (χ4n) is 6.31. The average Bonchev–Trinajstić information content (AvgIpc) is 2.81. The number of hydrogen-bond acceptors (Lipinski definition) is 3. The lowest BCUT2D eigenvalue weighted by molar-refractivity contribution is -0.149. The topological polar surface area (TPSA) is 43.4 Å². The molecule has 3 heteroatoms. The van der Waals surface area contributed by atoms with E-state index in [2.05, 4.69) is 32.1 Å². The van der Waals surface area contributed by atoms with Gasteiger partial charge in [-0.1, -0.05) is 32.1 Å². The first kappa shape index (κ1) is 16.1. The third-order valence-corrected chi connectivity index (χ3v) is 7.60. The number of ether oxygens (including phenoxy) is 1. The summed E-state index contributed by atoms with van der Waals surface area (Å²) < 4.78 is 5.55. The highest BCUT2D eigenvalue weighted by molar-refractivity contribution is 5.87. The molecule has 0 heterocycles. The van der Waals surface area contributed by atoms with Crippen LogP contribution in [0.15, 0.2) is 23.8 Å². The van der Waals surface area contributed by atoms with Crippen molar-refractivity contribution in [3.63, 3.8) is 0 Å². The number of ketones is 1. The van der Waals surface area contributed by atoms with Crippen molar-refractivity contribution in [2.45, 2.75) is 65.4 Å². The summed E-state index contributed by atoms with van der Waals surface area (Å²) in [5, 5.41) is 0. The zero-order chi connectivity index (χ0) is 17.1. The molecule has 4 aliphatic carbocycles. The molecule has 4 rings (SSSR count). The van der Waals surface area contributed by atoms with Gasteiger partial charge in [-0.05, 0) is 54.4 Å². The fraction of sp³-hybridized carbons (Fsp3) is 0.714. The van der Waals surface area contributed by atoms with Gasteiger partial charge in [0.15, 0.2) is 0 Å². The molecule has 2 fully saturated rings. The average molecular weight is 328 g/mol. The van der Waals surface area contributed by atoms with Gasteiger partial charge in [0.05, 0.1) is 0 Å². The molecule has 0 amide bonds. The van der Waals surface area contributed by atoms with Gasteiger partial charge in [-0.3, -0.25) is 9.59 Å². The van der Waals surface area contributed by atoms with Gasteiger partial charge in [-0.2, -0.15) is 0 Å². The number of rotatable bonds is 1. The summed E-state index contributed by atoms with van der Waals surface area (Å²) in [6.07, 6.45) is 12.6. The number of Topliss-reactive ketones (excluding diaryl/α,β-unsaturated/α-hetero) is 1. The van der Waals surface area contributed by atoms with E-state index in [0.717, 1.165) is 38.5 Å². The summed E-state index contributed by atoms with van der Waals surface area (Å²) in [6, 6.07) is 0. The maximum Gasteiger partial charge on any atom is 0.302 e. The van der Waals surface area contributed by atoms with Gasteiger partial charge >= 0.3 is 5.97 Å². The van der Waals surface area contributed by atoms with Gasteiger partial charge in [0, 0.05) is 25.2 Å². The van der Waals surface area contributed by atoms with Crippen LogP contribution in [-0.4, -0.2) is 17.9 Å². The van der Waals surface area contributed by atoms with E-state index in [1.807, 2.05) is 0 Å². The Balaban J connectivity index is 1.66. The number of fused-ring (bicyclic) bond motifs is 5. The summed E-state index contributed by atoms with van der Waals surface area (Å²) in [7, 11) is 0. The first-order valence-corrected chi connectivity index (χ1v) is 9.44. The molecule has 0 aromatic carbocycles. The van der Waals surface area contributed by atoms with Crippen LogP contribution in [0.4, 0.5) is 0 Å². The largest absolute Gasteiger partial charge is 0.462 e. The van der Waals surface area contributed by atoms with E-state index < -0.39 is 0 Å². The van der Waals surface area contributed by atoms with Crippen LogP contribution < -0.4 is 0 Å². The van der Waals surface area contributed by atoms with E-state index in [0.29, 0.717) is 23.5 Å². The van der Waals surface area contributed by atoms with E-state index in [9.17, 15) is 9.59 Å². The normalized spacial score (nSPS) is 46.6. The number of carbonyl (C=O) groups is 2. The van der Waals surface area contributed by atoms with Gasteiger partial charge in [0.2, 0.25) is 0 Å². The molecule has 0 aliphatic heterocycles. The zero-order valence-corrected chi connectivity index (χ0v) is 15.0. The maximum absolute atomic E-state index is 12.4. The SMILES string of the molecule is CC(=O)O[C@@H]1CC=C2C=C[C@@H]3[C@H](CC[C@]4(C)C(=O)CC[C@@H]34)[C@@]2(C)C1. The minimum Gasteiger partial charge on any atom is -0.462 e. The highest BCUT2D eigenvalue weighted by Crippen LogP contribution is 2.62. The monoisotopic (exact) mass is 328 g/mol. The highest BCUT2D eigenvalue weighted by Gasteiger charge is 2.58. The summed E-state index contributed by atoms with van der Waals surface area (Å²) in [5.74, 6) is 1.85. The summed E-state index contributed by atoms with van der Waals surface area (Å²) in [4.78, 5) is 23.8. The summed E-state index contributed by atoms with van der Waals surface area (Å²) in [6.45, 7) is 6.06. The first-order valence-electron chi connectivity index (χ1n) is 9.44. The highest BCUT2D eigenvalue weighted by atomic mass is 16.5. The second-order valence-electron chi connectivity index (χ2n) is 8.82. The second kappa shape index (κ2) is 5.31. The minimum atomic E-state index is -0.180. The standard InChI is InChI=1S/C21H28O3/c1-13(22)24-15-6-4-14-5-7-16-17-8-9-19(23)20(17,2)11-10-18(16)21(14,3)12-15/h4-5,7,15-18H,6,8-12H2,1-3H3/t15-,16+,17+,18+,20+,21+/m1/s1. The molecule has 0 saturated heterocycles. The van der Waals surface area contributed by atoms with E-state index in [4.69, 9.17) is 4.74 Å². The van der Waals surface area contributed by atoms with Gasteiger partial charge in [-0.25, -0.2) is 0 Å². The molecule has 0 aromatic heterocycles. The predicted octanol–water partition coefficient (Wildman–Crippen LogP) is 4.23. The van der Waals surface area contributed by atoms with Crippen molar-refractivity contribution >= 4 is 11.8 Å². The van der Waals surface area contributed by atoms with Gasteiger partial charge < -0.3 is 4.74 Å². The zero-order valence-electron chi connectivity index (χ0n) is 15.0. The Morgan fingerprint density at radius 1 is 1.21 bits per heavy atom. The lowest BCUT2D eigenvalue weighted by Crippen LogP contribution is -2.50. The molecule has 2 saturated carbocycles. The van der Waals surface area contributed by atoms with E-state index in [1.54, 1.807) is 0 Å².